The van der Waals surface area contributed by atoms with Gasteiger partial charge in [-0.3, -0.25) is 9.69 Å². The van der Waals surface area contributed by atoms with Gasteiger partial charge in [-0.05, 0) is 49.2 Å². The zero-order valence-electron chi connectivity index (χ0n) is 17.7. The van der Waals surface area contributed by atoms with E-state index in [1.54, 1.807) is 4.68 Å². The van der Waals surface area contributed by atoms with Crippen molar-refractivity contribution in [2.45, 2.75) is 31.0 Å². The third-order valence-electron chi connectivity index (χ3n) is 6.63. The molecule has 2 aromatic carbocycles. The Bertz CT molecular complexity index is 1130. The van der Waals surface area contributed by atoms with E-state index in [0.29, 0.717) is 23.5 Å². The maximum absolute atomic E-state index is 12.5. The minimum atomic E-state index is -0.486. The lowest BCUT2D eigenvalue weighted by atomic mass is 9.88. The fourth-order valence-electron chi connectivity index (χ4n) is 5.17. The number of carbonyl (C=O) groups excluding carboxylic acids is 1. The van der Waals surface area contributed by atoms with Gasteiger partial charge in [0, 0.05) is 31.7 Å². The number of para-hydroxylation sites is 1. The summed E-state index contributed by atoms with van der Waals surface area (Å²) in [5, 5.41) is 11.9. The van der Waals surface area contributed by atoms with E-state index in [4.69, 9.17) is 15.6 Å². The van der Waals surface area contributed by atoms with Crippen molar-refractivity contribution < 1.29 is 9.53 Å². The molecule has 0 radical (unpaired) electrons. The number of benzene rings is 2. The van der Waals surface area contributed by atoms with Gasteiger partial charge in [0.25, 0.3) is 5.91 Å². The minimum Gasteiger partial charge on any atom is -0.457 e. The van der Waals surface area contributed by atoms with Crippen LogP contribution in [-0.2, 0) is 0 Å². The number of rotatable bonds is 5. The lowest BCUT2D eigenvalue weighted by molar-refractivity contribution is 0.0409. The number of primary amides is 1. The first-order chi connectivity index (χ1) is 15.7. The molecule has 5 heterocycles. The van der Waals surface area contributed by atoms with Crippen LogP contribution < -0.4 is 21.1 Å². The van der Waals surface area contributed by atoms with Gasteiger partial charge in [0.15, 0.2) is 5.69 Å². The number of nitrogens with zero attached hydrogens (tertiary/aromatic N) is 3. The van der Waals surface area contributed by atoms with Crippen LogP contribution in [0.3, 0.4) is 0 Å². The van der Waals surface area contributed by atoms with Crippen LogP contribution in [0.25, 0.3) is 5.69 Å². The number of piperidine rings is 1. The zero-order chi connectivity index (χ0) is 21.7. The van der Waals surface area contributed by atoms with Gasteiger partial charge < -0.3 is 21.1 Å². The first-order valence-corrected chi connectivity index (χ1v) is 11.2. The van der Waals surface area contributed by atoms with Crippen LogP contribution in [0.1, 0.15) is 35.1 Å². The van der Waals surface area contributed by atoms with E-state index < -0.39 is 5.91 Å². The van der Waals surface area contributed by atoms with Crippen LogP contribution in [0.15, 0.2) is 54.6 Å². The predicted octanol–water partition coefficient (Wildman–Crippen LogP) is 2.67. The first-order valence-electron chi connectivity index (χ1n) is 11.2. The Morgan fingerprint density at radius 1 is 1.03 bits per heavy atom. The molecule has 4 aliphatic rings. The van der Waals surface area contributed by atoms with Crippen molar-refractivity contribution in [3.63, 3.8) is 0 Å². The van der Waals surface area contributed by atoms with Gasteiger partial charge in [-0.2, -0.15) is 5.10 Å². The number of amides is 1. The molecule has 3 aromatic rings. The Morgan fingerprint density at radius 3 is 2.41 bits per heavy atom. The van der Waals surface area contributed by atoms with Gasteiger partial charge in [0.05, 0.1) is 17.4 Å². The molecule has 0 aliphatic carbocycles. The molecule has 164 valence electrons. The van der Waals surface area contributed by atoms with Crippen LogP contribution >= 0.6 is 0 Å². The summed E-state index contributed by atoms with van der Waals surface area (Å²) in [5.74, 6) is 1.00. The summed E-state index contributed by atoms with van der Waals surface area (Å²) in [6.45, 7) is 2.84. The maximum atomic E-state index is 12.5. The highest BCUT2D eigenvalue weighted by Crippen LogP contribution is 2.39. The van der Waals surface area contributed by atoms with Gasteiger partial charge in [-0.1, -0.05) is 18.2 Å². The summed E-state index contributed by atoms with van der Waals surface area (Å²) < 4.78 is 7.57. The van der Waals surface area contributed by atoms with Crippen LogP contribution in [0.2, 0.25) is 0 Å². The topological polar surface area (TPSA) is 97.4 Å². The zero-order valence-corrected chi connectivity index (χ0v) is 17.7. The van der Waals surface area contributed by atoms with Crippen LogP contribution in [-0.4, -0.2) is 52.3 Å². The second kappa shape index (κ2) is 7.65. The van der Waals surface area contributed by atoms with Gasteiger partial charge >= 0.3 is 0 Å². The Kier molecular flexibility index (Phi) is 4.62. The maximum Gasteiger partial charge on any atom is 0.269 e. The van der Waals surface area contributed by atoms with E-state index in [1.165, 1.54) is 6.42 Å². The van der Waals surface area contributed by atoms with E-state index in [1.807, 2.05) is 54.6 Å². The van der Waals surface area contributed by atoms with Gasteiger partial charge in [0.2, 0.25) is 0 Å². The number of aromatic nitrogens is 2. The molecule has 7 rings (SSSR count). The summed E-state index contributed by atoms with van der Waals surface area (Å²) in [6, 6.07) is 18.5. The molecule has 0 saturated carbocycles. The highest BCUT2D eigenvalue weighted by atomic mass is 16.5. The summed E-state index contributed by atoms with van der Waals surface area (Å²) >= 11 is 0. The predicted molar refractivity (Wildman–Crippen MR) is 121 cm³/mol. The molecule has 3 fully saturated rings. The van der Waals surface area contributed by atoms with Crippen molar-refractivity contribution in [3.05, 3.63) is 66.0 Å². The van der Waals surface area contributed by atoms with Crippen molar-refractivity contribution in [1.29, 1.82) is 0 Å². The number of hydrogen-bond donors (Lipinski definition) is 3. The molecule has 1 aromatic heterocycles. The number of carbonyl (C=O) groups is 1. The molecular formula is C24H26N6O2. The number of piperazine rings is 1. The van der Waals surface area contributed by atoms with Crippen molar-refractivity contribution in [1.82, 2.24) is 20.0 Å². The molecule has 32 heavy (non-hydrogen) atoms. The summed E-state index contributed by atoms with van der Waals surface area (Å²) in [4.78, 5) is 15.0. The van der Waals surface area contributed by atoms with Crippen LogP contribution in [0.4, 0.5) is 5.69 Å². The van der Waals surface area contributed by atoms with Crippen LogP contribution in [0, 0.1) is 0 Å². The molecule has 4 N–H and O–H groups in total. The minimum absolute atomic E-state index is 0.193. The Hall–Kier alpha value is -3.36. The SMILES string of the molecule is NC(=O)c1c2c(nn1-c1ccc(Oc3ccccc3)cc1)C(N1CC3CC(C1)N3)CCN2. The Morgan fingerprint density at radius 2 is 1.72 bits per heavy atom. The summed E-state index contributed by atoms with van der Waals surface area (Å²) in [7, 11) is 0. The standard InChI is InChI=1S/C24H26N6O2/c25-24(31)23-22-21(20(10-11-26-22)29-13-15-12-16(14-29)27-15)28-30(23)17-6-8-19(9-7-17)32-18-4-2-1-3-5-18/h1-9,15-16,20,26-27H,10-14H2,(H2,25,31). The molecule has 3 atom stereocenters. The number of fused-ring (bicyclic) bond motifs is 3. The number of anilines is 1. The molecule has 0 spiro atoms. The highest BCUT2D eigenvalue weighted by molar-refractivity contribution is 5.98. The molecule has 3 unspecified atom stereocenters. The highest BCUT2D eigenvalue weighted by Gasteiger charge is 2.42. The van der Waals surface area contributed by atoms with Crippen molar-refractivity contribution in [2.75, 3.05) is 25.0 Å². The van der Waals surface area contributed by atoms with E-state index in [0.717, 1.165) is 48.9 Å². The summed E-state index contributed by atoms with van der Waals surface area (Å²) in [6.07, 6.45) is 2.22. The quantitative estimate of drug-likeness (QED) is 0.576. The second-order valence-electron chi connectivity index (χ2n) is 8.78. The van der Waals surface area contributed by atoms with Gasteiger partial charge in [-0.15, -0.1) is 0 Å². The van der Waals surface area contributed by atoms with Crippen molar-refractivity contribution in [3.8, 4) is 17.2 Å². The number of nitrogens with two attached hydrogens (primary N) is 1. The normalized spacial score (nSPS) is 24.2. The Labute approximate surface area is 186 Å². The van der Waals surface area contributed by atoms with Gasteiger partial charge in [-0.25, -0.2) is 4.68 Å². The van der Waals surface area contributed by atoms with E-state index in [9.17, 15) is 4.79 Å². The molecule has 2 bridgehead atoms. The van der Waals surface area contributed by atoms with Crippen molar-refractivity contribution >= 4 is 11.6 Å². The average Bonchev–Trinajstić information content (AvgIpc) is 3.20. The molecule has 8 nitrogen and oxygen atoms in total. The third kappa shape index (κ3) is 3.32. The molecular weight excluding hydrogens is 404 g/mol. The van der Waals surface area contributed by atoms with Crippen molar-refractivity contribution in [2.24, 2.45) is 5.73 Å². The van der Waals surface area contributed by atoms with Crippen LogP contribution in [0.5, 0.6) is 11.5 Å². The second-order valence-corrected chi connectivity index (χ2v) is 8.78. The fraction of sp³-hybridized carbons (Fsp3) is 0.333. The number of nitrogens with one attached hydrogen (secondary N) is 2. The lowest BCUT2D eigenvalue weighted by Gasteiger charge is -2.51. The molecule has 8 heteroatoms. The average molecular weight is 431 g/mol. The van der Waals surface area contributed by atoms with E-state index in [2.05, 4.69) is 15.5 Å². The molecule has 3 saturated heterocycles. The third-order valence-corrected chi connectivity index (χ3v) is 6.63. The molecule has 4 aliphatic heterocycles. The fourth-order valence-corrected chi connectivity index (χ4v) is 5.17. The van der Waals surface area contributed by atoms with E-state index in [-0.39, 0.29) is 6.04 Å². The lowest BCUT2D eigenvalue weighted by Crippen LogP contribution is -2.67. The number of ether oxygens (including phenoxy) is 1. The molecule has 1 amide bonds. The number of hydrogen-bond acceptors (Lipinski definition) is 6. The smallest absolute Gasteiger partial charge is 0.269 e. The first kappa shape index (κ1) is 19.3. The van der Waals surface area contributed by atoms with E-state index >= 15 is 0 Å². The Balaban J connectivity index is 1.32. The largest absolute Gasteiger partial charge is 0.457 e. The monoisotopic (exact) mass is 430 g/mol. The summed E-state index contributed by atoms with van der Waals surface area (Å²) in [5.41, 5.74) is 8.68. The van der Waals surface area contributed by atoms with Gasteiger partial charge in [0.1, 0.15) is 17.2 Å².